The van der Waals surface area contributed by atoms with Crippen LogP contribution >= 0.6 is 11.6 Å². The normalized spacial score (nSPS) is 12.0. The Morgan fingerprint density at radius 2 is 1.74 bits per heavy atom. The number of carboxylic acid groups (broad SMARTS) is 1. The minimum absolute atomic E-state index is 0.168. The molecule has 2 N–H and O–H groups in total. The van der Waals surface area contributed by atoms with Gasteiger partial charge in [-0.05, 0) is 43.0 Å². The molecule has 0 amide bonds. The van der Waals surface area contributed by atoms with Crippen molar-refractivity contribution >= 4 is 17.6 Å². The average molecular weight is 332 g/mol. The number of rotatable bonds is 9. The Morgan fingerprint density at radius 1 is 1.04 bits per heavy atom. The molecule has 0 aliphatic rings. The first-order chi connectivity index (χ1) is 11.2. The van der Waals surface area contributed by atoms with E-state index in [0.29, 0.717) is 6.42 Å². The van der Waals surface area contributed by atoms with E-state index in [-0.39, 0.29) is 12.5 Å². The summed E-state index contributed by atoms with van der Waals surface area (Å²) in [6.45, 7) is 0.789. The molecule has 4 heteroatoms. The molecule has 0 spiro atoms. The number of unbranched alkanes of at least 4 members (excludes halogenated alkanes) is 1. The first-order valence-corrected chi connectivity index (χ1v) is 8.28. The van der Waals surface area contributed by atoms with Crippen molar-refractivity contribution in [2.24, 2.45) is 0 Å². The molecule has 0 aromatic heterocycles. The monoisotopic (exact) mass is 331 g/mol. The van der Waals surface area contributed by atoms with Crippen LogP contribution in [0.5, 0.6) is 0 Å². The Hall–Kier alpha value is -1.84. The second-order valence-corrected chi connectivity index (χ2v) is 5.97. The van der Waals surface area contributed by atoms with Gasteiger partial charge in [0, 0.05) is 17.5 Å². The maximum Gasteiger partial charge on any atom is 0.303 e. The van der Waals surface area contributed by atoms with Crippen molar-refractivity contribution in [1.82, 2.24) is 5.32 Å². The van der Waals surface area contributed by atoms with E-state index in [2.05, 4.69) is 17.4 Å². The van der Waals surface area contributed by atoms with E-state index in [1.165, 1.54) is 5.56 Å². The molecule has 0 saturated heterocycles. The standard InChI is InChI=1S/C19H22ClNO2/c20-17-11-5-4-10-16(17)14-18(15-8-2-1-3-9-15)21-13-7-6-12-19(22)23/h1-5,8-11,18,21H,6-7,12-14H2,(H,22,23). The Morgan fingerprint density at radius 3 is 2.43 bits per heavy atom. The van der Waals surface area contributed by atoms with Crippen LogP contribution in [0.2, 0.25) is 5.02 Å². The number of hydrogen-bond donors (Lipinski definition) is 2. The summed E-state index contributed by atoms with van der Waals surface area (Å²) in [7, 11) is 0. The average Bonchev–Trinajstić information content (AvgIpc) is 2.56. The highest BCUT2D eigenvalue weighted by Crippen LogP contribution is 2.23. The molecule has 0 aliphatic carbocycles. The molecule has 2 aromatic carbocycles. The smallest absolute Gasteiger partial charge is 0.303 e. The highest BCUT2D eigenvalue weighted by atomic mass is 35.5. The van der Waals surface area contributed by atoms with E-state index in [1.54, 1.807) is 0 Å². The van der Waals surface area contributed by atoms with E-state index in [1.807, 2.05) is 42.5 Å². The summed E-state index contributed by atoms with van der Waals surface area (Å²) in [4.78, 5) is 10.6. The molecule has 0 heterocycles. The Bertz CT molecular complexity index is 616. The Kier molecular flexibility index (Phi) is 7.11. The van der Waals surface area contributed by atoms with Crippen molar-refractivity contribution in [2.45, 2.75) is 31.7 Å². The molecule has 1 unspecified atom stereocenters. The third-order valence-electron chi connectivity index (χ3n) is 3.79. The zero-order chi connectivity index (χ0) is 16.5. The van der Waals surface area contributed by atoms with Crippen molar-refractivity contribution in [3.8, 4) is 0 Å². The van der Waals surface area contributed by atoms with Crippen LogP contribution in [-0.2, 0) is 11.2 Å². The van der Waals surface area contributed by atoms with Crippen molar-refractivity contribution in [3.63, 3.8) is 0 Å². The van der Waals surface area contributed by atoms with Gasteiger partial charge >= 0.3 is 5.97 Å². The number of nitrogens with one attached hydrogen (secondary N) is 1. The first-order valence-electron chi connectivity index (χ1n) is 7.90. The molecule has 1 atom stereocenters. The van der Waals surface area contributed by atoms with Gasteiger partial charge in [0.1, 0.15) is 0 Å². The molecule has 3 nitrogen and oxygen atoms in total. The van der Waals surface area contributed by atoms with Crippen molar-refractivity contribution < 1.29 is 9.90 Å². The molecule has 0 bridgehead atoms. The van der Waals surface area contributed by atoms with Gasteiger partial charge in [0.05, 0.1) is 0 Å². The molecule has 0 saturated carbocycles. The zero-order valence-corrected chi connectivity index (χ0v) is 13.8. The van der Waals surface area contributed by atoms with Crippen molar-refractivity contribution in [3.05, 3.63) is 70.7 Å². The topological polar surface area (TPSA) is 49.3 Å². The van der Waals surface area contributed by atoms with Gasteiger partial charge in [-0.25, -0.2) is 0 Å². The molecule has 0 fully saturated rings. The van der Waals surface area contributed by atoms with Gasteiger partial charge in [-0.15, -0.1) is 0 Å². The lowest BCUT2D eigenvalue weighted by atomic mass is 9.98. The van der Waals surface area contributed by atoms with Gasteiger partial charge in [-0.1, -0.05) is 60.1 Å². The van der Waals surface area contributed by atoms with Crippen LogP contribution in [-0.4, -0.2) is 17.6 Å². The van der Waals surface area contributed by atoms with Gasteiger partial charge in [0.2, 0.25) is 0 Å². The number of benzene rings is 2. The molecular weight excluding hydrogens is 310 g/mol. The van der Waals surface area contributed by atoms with E-state index in [9.17, 15) is 4.79 Å². The van der Waals surface area contributed by atoms with Crippen LogP contribution in [0, 0.1) is 0 Å². The second kappa shape index (κ2) is 9.33. The summed E-state index contributed by atoms with van der Waals surface area (Å²) in [6, 6.07) is 18.3. The predicted octanol–water partition coefficient (Wildman–Crippen LogP) is 4.47. The molecule has 122 valence electrons. The SMILES string of the molecule is O=C(O)CCCCNC(Cc1ccccc1Cl)c1ccccc1. The maximum atomic E-state index is 10.6. The molecular formula is C19H22ClNO2. The molecule has 0 radical (unpaired) electrons. The second-order valence-electron chi connectivity index (χ2n) is 5.56. The van der Waals surface area contributed by atoms with Gasteiger partial charge in [0.25, 0.3) is 0 Å². The quantitative estimate of drug-likeness (QED) is 0.666. The van der Waals surface area contributed by atoms with Crippen LogP contribution in [0.4, 0.5) is 0 Å². The lowest BCUT2D eigenvalue weighted by molar-refractivity contribution is -0.137. The number of halogens is 1. The number of aliphatic carboxylic acids is 1. The van der Waals surface area contributed by atoms with Crippen molar-refractivity contribution in [1.29, 1.82) is 0 Å². The lowest BCUT2D eigenvalue weighted by Gasteiger charge is -2.20. The highest BCUT2D eigenvalue weighted by molar-refractivity contribution is 6.31. The third-order valence-corrected chi connectivity index (χ3v) is 4.16. The molecule has 23 heavy (non-hydrogen) atoms. The maximum absolute atomic E-state index is 10.6. The summed E-state index contributed by atoms with van der Waals surface area (Å²) < 4.78 is 0. The fraction of sp³-hybridized carbons (Fsp3) is 0.316. The molecule has 0 aliphatic heterocycles. The van der Waals surface area contributed by atoms with Crippen LogP contribution in [0.3, 0.4) is 0 Å². The lowest BCUT2D eigenvalue weighted by Crippen LogP contribution is -2.24. The highest BCUT2D eigenvalue weighted by Gasteiger charge is 2.13. The number of carbonyl (C=O) groups is 1. The molecule has 2 aromatic rings. The summed E-state index contributed by atoms with van der Waals surface area (Å²) in [5.41, 5.74) is 2.33. The number of carboxylic acids is 1. The van der Waals surface area contributed by atoms with Gasteiger partial charge in [-0.3, -0.25) is 4.79 Å². The third kappa shape index (κ3) is 6.05. The minimum Gasteiger partial charge on any atom is -0.481 e. The van der Waals surface area contributed by atoms with E-state index < -0.39 is 5.97 Å². The summed E-state index contributed by atoms with van der Waals surface area (Å²) in [5.74, 6) is -0.735. The largest absolute Gasteiger partial charge is 0.481 e. The Balaban J connectivity index is 1.98. The zero-order valence-electron chi connectivity index (χ0n) is 13.0. The van der Waals surface area contributed by atoms with Crippen LogP contribution < -0.4 is 5.32 Å². The van der Waals surface area contributed by atoms with Gasteiger partial charge < -0.3 is 10.4 Å². The van der Waals surface area contributed by atoms with E-state index >= 15 is 0 Å². The van der Waals surface area contributed by atoms with E-state index in [0.717, 1.165) is 30.0 Å². The summed E-state index contributed by atoms with van der Waals surface area (Å²) >= 11 is 6.28. The van der Waals surface area contributed by atoms with Crippen LogP contribution in [0.1, 0.15) is 36.4 Å². The summed E-state index contributed by atoms with van der Waals surface area (Å²) in [6.07, 6.45) is 2.57. The minimum atomic E-state index is -0.735. The summed E-state index contributed by atoms with van der Waals surface area (Å²) in [5, 5.41) is 13.0. The van der Waals surface area contributed by atoms with Gasteiger partial charge in [-0.2, -0.15) is 0 Å². The Labute approximate surface area is 142 Å². The van der Waals surface area contributed by atoms with Crippen molar-refractivity contribution in [2.75, 3.05) is 6.54 Å². The van der Waals surface area contributed by atoms with E-state index in [4.69, 9.17) is 16.7 Å². The van der Waals surface area contributed by atoms with Crippen LogP contribution in [0.25, 0.3) is 0 Å². The van der Waals surface area contributed by atoms with Gasteiger partial charge in [0.15, 0.2) is 0 Å². The molecule has 2 rings (SSSR count). The van der Waals surface area contributed by atoms with Crippen LogP contribution in [0.15, 0.2) is 54.6 Å². The number of hydrogen-bond acceptors (Lipinski definition) is 2. The predicted molar refractivity (Wildman–Crippen MR) is 93.8 cm³/mol. The fourth-order valence-corrected chi connectivity index (χ4v) is 2.77. The first kappa shape index (κ1) is 17.5. The fourth-order valence-electron chi connectivity index (χ4n) is 2.55.